The third-order valence-electron chi connectivity index (χ3n) is 3.36. The van der Waals surface area contributed by atoms with Crippen molar-refractivity contribution in [2.45, 2.75) is 18.9 Å². The van der Waals surface area contributed by atoms with Crippen LogP contribution < -0.4 is 10.6 Å². The fraction of sp³-hybridized carbons (Fsp3) is 0.500. The van der Waals surface area contributed by atoms with Crippen LogP contribution in [0.3, 0.4) is 0 Å². The maximum absolute atomic E-state index is 12.0. The number of nitrogens with zero attached hydrogens (tertiary/aromatic N) is 5. The predicted octanol–water partition coefficient (Wildman–Crippen LogP) is 0.821. The van der Waals surface area contributed by atoms with Crippen molar-refractivity contribution >= 4 is 11.8 Å². The molecule has 106 valence electrons. The zero-order valence-corrected chi connectivity index (χ0v) is 11.4. The van der Waals surface area contributed by atoms with Crippen LogP contribution in [0.15, 0.2) is 18.6 Å². The lowest BCUT2D eigenvalue weighted by molar-refractivity contribution is 0.246. The first-order valence-electron chi connectivity index (χ1n) is 6.54. The van der Waals surface area contributed by atoms with Crippen molar-refractivity contribution in [1.82, 2.24) is 29.9 Å². The second-order valence-electron chi connectivity index (χ2n) is 5.09. The molecule has 2 N–H and O–H groups in total. The van der Waals surface area contributed by atoms with Crippen LogP contribution in [0.2, 0.25) is 0 Å². The van der Waals surface area contributed by atoms with Crippen molar-refractivity contribution < 1.29 is 4.79 Å². The Bertz CT molecular complexity index is 613. The summed E-state index contributed by atoms with van der Waals surface area (Å²) in [6, 6.07) is -0.350. The number of amides is 2. The van der Waals surface area contributed by atoms with E-state index in [1.165, 1.54) is 4.68 Å². The third kappa shape index (κ3) is 2.63. The number of anilines is 1. The Kier molecular flexibility index (Phi) is 3.13. The van der Waals surface area contributed by atoms with Gasteiger partial charge in [-0.15, -0.1) is 5.10 Å². The summed E-state index contributed by atoms with van der Waals surface area (Å²) >= 11 is 0. The van der Waals surface area contributed by atoms with E-state index >= 15 is 0 Å². The van der Waals surface area contributed by atoms with Crippen LogP contribution in [-0.2, 0) is 14.1 Å². The molecule has 2 amide bonds. The molecular weight excluding hydrogens is 258 g/mol. The molecule has 2 aromatic heterocycles. The monoisotopic (exact) mass is 275 g/mol. The molecule has 1 atom stereocenters. The Balaban J connectivity index is 1.68. The number of urea groups is 1. The third-order valence-corrected chi connectivity index (χ3v) is 3.36. The highest BCUT2D eigenvalue weighted by Crippen LogP contribution is 2.40. The second-order valence-corrected chi connectivity index (χ2v) is 5.09. The molecule has 0 spiro atoms. The van der Waals surface area contributed by atoms with Crippen LogP contribution in [-0.4, -0.2) is 30.6 Å². The number of carbonyl (C=O) groups is 1. The van der Waals surface area contributed by atoms with Crippen molar-refractivity contribution in [2.24, 2.45) is 20.0 Å². The van der Waals surface area contributed by atoms with Gasteiger partial charge in [-0.05, 0) is 18.8 Å². The summed E-state index contributed by atoms with van der Waals surface area (Å²) in [5.41, 5.74) is 0. The lowest BCUT2D eigenvalue weighted by Gasteiger charge is -2.17. The van der Waals surface area contributed by atoms with E-state index in [0.717, 1.165) is 18.7 Å². The second kappa shape index (κ2) is 4.95. The van der Waals surface area contributed by atoms with Crippen molar-refractivity contribution in [3.63, 3.8) is 0 Å². The van der Waals surface area contributed by atoms with Crippen LogP contribution in [0, 0.1) is 5.92 Å². The average molecular weight is 275 g/mol. The lowest BCUT2D eigenvalue weighted by atomic mass is 10.2. The van der Waals surface area contributed by atoms with Crippen molar-refractivity contribution in [3.8, 4) is 0 Å². The summed E-state index contributed by atoms with van der Waals surface area (Å²) in [5, 5.41) is 13.2. The van der Waals surface area contributed by atoms with Crippen LogP contribution in [0.4, 0.5) is 10.6 Å². The topological polar surface area (TPSA) is 89.7 Å². The van der Waals surface area contributed by atoms with E-state index in [2.05, 4.69) is 25.9 Å². The number of carbonyl (C=O) groups excluding carboxylic acids is 1. The molecule has 2 heterocycles. The molecule has 0 aliphatic heterocycles. The molecule has 2 aromatic rings. The van der Waals surface area contributed by atoms with E-state index < -0.39 is 0 Å². The quantitative estimate of drug-likeness (QED) is 0.864. The molecule has 1 saturated carbocycles. The zero-order chi connectivity index (χ0) is 14.1. The molecule has 0 aromatic carbocycles. The number of hydrogen-bond donors (Lipinski definition) is 2. The van der Waals surface area contributed by atoms with Crippen LogP contribution >= 0.6 is 0 Å². The van der Waals surface area contributed by atoms with Gasteiger partial charge in [0, 0.05) is 26.5 Å². The number of hydrogen-bond acceptors (Lipinski definition) is 4. The Morgan fingerprint density at radius 1 is 1.45 bits per heavy atom. The first-order valence-corrected chi connectivity index (χ1v) is 6.54. The molecule has 0 radical (unpaired) electrons. The largest absolute Gasteiger partial charge is 0.336 e. The molecule has 0 bridgehead atoms. The Hall–Kier alpha value is -2.38. The van der Waals surface area contributed by atoms with Crippen molar-refractivity contribution in [3.05, 3.63) is 24.4 Å². The Morgan fingerprint density at radius 2 is 2.25 bits per heavy atom. The number of imidazole rings is 1. The van der Waals surface area contributed by atoms with E-state index in [9.17, 15) is 4.79 Å². The molecule has 20 heavy (non-hydrogen) atoms. The molecule has 1 aliphatic rings. The standard InChI is InChI=1S/C12H17N7O/c1-18-6-5-13-11(18)10(8-3-4-8)15-12(20)14-9-7-19(2)17-16-9/h5-8,10H,3-4H2,1-2H3,(H2,14,15,20)/t10-/m1/s1. The average Bonchev–Trinajstić information content (AvgIpc) is 3.04. The Labute approximate surface area is 116 Å². The van der Waals surface area contributed by atoms with Crippen molar-refractivity contribution in [1.29, 1.82) is 0 Å². The number of aromatic nitrogens is 5. The van der Waals surface area contributed by atoms with E-state index in [1.807, 2.05) is 17.8 Å². The van der Waals surface area contributed by atoms with Gasteiger partial charge in [0.2, 0.25) is 0 Å². The maximum atomic E-state index is 12.0. The summed E-state index contributed by atoms with van der Waals surface area (Å²) in [6.07, 6.45) is 7.50. The Morgan fingerprint density at radius 3 is 2.80 bits per heavy atom. The number of nitrogens with one attached hydrogen (secondary N) is 2. The SMILES string of the molecule is Cn1cc(NC(=O)N[C@@H](c2nccn2C)C2CC2)nn1. The number of rotatable bonds is 4. The van der Waals surface area contributed by atoms with Crippen LogP contribution in [0.1, 0.15) is 24.7 Å². The minimum Gasteiger partial charge on any atom is -0.336 e. The highest BCUT2D eigenvalue weighted by molar-refractivity contribution is 5.88. The molecule has 8 heteroatoms. The molecule has 0 unspecified atom stereocenters. The predicted molar refractivity (Wildman–Crippen MR) is 71.8 cm³/mol. The first-order chi connectivity index (χ1) is 9.63. The molecule has 0 saturated heterocycles. The van der Waals surface area contributed by atoms with E-state index in [1.54, 1.807) is 19.4 Å². The lowest BCUT2D eigenvalue weighted by Crippen LogP contribution is -2.35. The highest BCUT2D eigenvalue weighted by atomic mass is 16.2. The molecular formula is C12H17N7O. The van der Waals surface area contributed by atoms with Gasteiger partial charge in [0.1, 0.15) is 5.82 Å². The minimum atomic E-state index is -0.287. The van der Waals surface area contributed by atoms with Gasteiger partial charge >= 0.3 is 6.03 Å². The van der Waals surface area contributed by atoms with Gasteiger partial charge in [0.15, 0.2) is 5.82 Å². The maximum Gasteiger partial charge on any atom is 0.321 e. The van der Waals surface area contributed by atoms with Gasteiger partial charge in [-0.25, -0.2) is 9.78 Å². The van der Waals surface area contributed by atoms with Gasteiger partial charge in [-0.3, -0.25) is 10.00 Å². The van der Waals surface area contributed by atoms with Gasteiger partial charge in [-0.1, -0.05) is 5.21 Å². The molecule has 8 nitrogen and oxygen atoms in total. The summed E-state index contributed by atoms with van der Waals surface area (Å²) in [5.74, 6) is 1.77. The summed E-state index contributed by atoms with van der Waals surface area (Å²) in [4.78, 5) is 16.4. The van der Waals surface area contributed by atoms with Gasteiger partial charge in [-0.2, -0.15) is 0 Å². The minimum absolute atomic E-state index is 0.0633. The van der Waals surface area contributed by atoms with E-state index in [4.69, 9.17) is 0 Å². The fourth-order valence-electron chi connectivity index (χ4n) is 2.20. The highest BCUT2D eigenvalue weighted by Gasteiger charge is 2.35. The summed E-state index contributed by atoms with van der Waals surface area (Å²) in [7, 11) is 3.68. The summed E-state index contributed by atoms with van der Waals surface area (Å²) < 4.78 is 3.47. The van der Waals surface area contributed by atoms with Gasteiger partial charge in [0.05, 0.1) is 12.2 Å². The van der Waals surface area contributed by atoms with E-state index in [-0.39, 0.29) is 12.1 Å². The van der Waals surface area contributed by atoms with Crippen LogP contribution in [0.5, 0.6) is 0 Å². The molecule has 3 rings (SSSR count). The molecule has 1 aliphatic carbocycles. The molecule has 1 fully saturated rings. The number of aryl methyl sites for hydroxylation is 2. The fourth-order valence-corrected chi connectivity index (χ4v) is 2.20. The smallest absolute Gasteiger partial charge is 0.321 e. The van der Waals surface area contributed by atoms with Gasteiger partial charge in [0.25, 0.3) is 0 Å². The van der Waals surface area contributed by atoms with E-state index in [0.29, 0.717) is 11.7 Å². The normalized spacial score (nSPS) is 15.9. The van der Waals surface area contributed by atoms with Crippen molar-refractivity contribution in [2.75, 3.05) is 5.32 Å². The van der Waals surface area contributed by atoms with Gasteiger partial charge < -0.3 is 9.88 Å². The first kappa shape index (κ1) is 12.6. The zero-order valence-electron chi connectivity index (χ0n) is 11.4. The van der Waals surface area contributed by atoms with Crippen LogP contribution in [0.25, 0.3) is 0 Å². The summed E-state index contributed by atoms with van der Waals surface area (Å²) in [6.45, 7) is 0.